The molecule has 1 saturated carbocycles. The molecule has 1 aliphatic carbocycles. The summed E-state index contributed by atoms with van der Waals surface area (Å²) < 4.78 is 18.6. The zero-order chi connectivity index (χ0) is 12.3. The lowest BCUT2D eigenvalue weighted by Gasteiger charge is -2.20. The second-order valence-corrected chi connectivity index (χ2v) is 5.22. The Hall–Kier alpha value is -0.760. The average Bonchev–Trinajstić information content (AvgIpc) is 2.54. The molecule has 94 valence electrons. The molecule has 1 nitrogen and oxygen atoms in total. The highest BCUT2D eigenvalue weighted by Gasteiger charge is 2.24. The fraction of sp³-hybridized carbons (Fsp3) is 0.571. The molecule has 0 amide bonds. The standard InChI is InChI=1S/C14H18ClFO/c1-17-14-8-7-10(9-13(14)16)11-5-3-2-4-6-12(11)15/h7-9,11-12H,2-6H2,1H3. The van der Waals surface area contributed by atoms with E-state index in [-0.39, 0.29) is 17.1 Å². The largest absolute Gasteiger partial charge is 0.494 e. The number of halogens is 2. The Balaban J connectivity index is 2.22. The Kier molecular flexibility index (Phi) is 4.27. The van der Waals surface area contributed by atoms with Gasteiger partial charge in [-0.05, 0) is 30.5 Å². The highest BCUT2D eigenvalue weighted by Crippen LogP contribution is 2.36. The number of methoxy groups -OCH3 is 1. The minimum Gasteiger partial charge on any atom is -0.494 e. The van der Waals surface area contributed by atoms with Crippen molar-refractivity contribution in [2.45, 2.75) is 43.4 Å². The summed E-state index contributed by atoms with van der Waals surface area (Å²) in [5.74, 6) is 0.284. The summed E-state index contributed by atoms with van der Waals surface area (Å²) in [5.41, 5.74) is 1.00. The van der Waals surface area contributed by atoms with Gasteiger partial charge in [0.15, 0.2) is 11.6 Å². The molecule has 0 aromatic heterocycles. The van der Waals surface area contributed by atoms with Gasteiger partial charge in [-0.1, -0.05) is 25.3 Å². The van der Waals surface area contributed by atoms with E-state index < -0.39 is 0 Å². The first-order valence-corrected chi connectivity index (χ1v) is 6.63. The van der Waals surface area contributed by atoms with E-state index in [2.05, 4.69) is 0 Å². The monoisotopic (exact) mass is 256 g/mol. The number of alkyl halides is 1. The maximum Gasteiger partial charge on any atom is 0.165 e. The molecule has 2 atom stereocenters. The Morgan fingerprint density at radius 1 is 1.24 bits per heavy atom. The van der Waals surface area contributed by atoms with E-state index >= 15 is 0 Å². The summed E-state index contributed by atoms with van der Waals surface area (Å²) in [4.78, 5) is 0. The second-order valence-electron chi connectivity index (χ2n) is 4.65. The van der Waals surface area contributed by atoms with Crippen molar-refractivity contribution in [3.05, 3.63) is 29.6 Å². The van der Waals surface area contributed by atoms with Crippen LogP contribution in [0.3, 0.4) is 0 Å². The quantitative estimate of drug-likeness (QED) is 0.560. The molecule has 2 unspecified atom stereocenters. The van der Waals surface area contributed by atoms with Crippen LogP contribution in [0.2, 0.25) is 0 Å². The van der Waals surface area contributed by atoms with Gasteiger partial charge in [0.05, 0.1) is 7.11 Å². The number of ether oxygens (including phenoxy) is 1. The van der Waals surface area contributed by atoms with Crippen molar-refractivity contribution >= 4 is 11.6 Å². The molecule has 0 heterocycles. The summed E-state index contributed by atoms with van der Waals surface area (Å²) in [5, 5.41) is 0.130. The van der Waals surface area contributed by atoms with Crippen molar-refractivity contribution in [3.63, 3.8) is 0 Å². The molecule has 0 bridgehead atoms. The van der Waals surface area contributed by atoms with E-state index in [0.717, 1.165) is 18.4 Å². The third-order valence-corrected chi connectivity index (χ3v) is 4.06. The van der Waals surface area contributed by atoms with Crippen LogP contribution in [0, 0.1) is 5.82 Å². The number of benzene rings is 1. The highest BCUT2D eigenvalue weighted by molar-refractivity contribution is 6.21. The van der Waals surface area contributed by atoms with Crippen LogP contribution in [0.15, 0.2) is 18.2 Å². The van der Waals surface area contributed by atoms with Crippen LogP contribution in [0.1, 0.15) is 43.6 Å². The van der Waals surface area contributed by atoms with E-state index in [1.54, 1.807) is 12.1 Å². The summed E-state index contributed by atoms with van der Waals surface area (Å²) >= 11 is 6.39. The summed E-state index contributed by atoms with van der Waals surface area (Å²) in [7, 11) is 1.48. The SMILES string of the molecule is COc1ccc(C2CCCCCC2Cl)cc1F. The van der Waals surface area contributed by atoms with Gasteiger partial charge in [-0.2, -0.15) is 0 Å². The Morgan fingerprint density at radius 3 is 2.71 bits per heavy atom. The van der Waals surface area contributed by atoms with Gasteiger partial charge in [-0.25, -0.2) is 4.39 Å². The van der Waals surface area contributed by atoms with Crippen LogP contribution < -0.4 is 4.74 Å². The van der Waals surface area contributed by atoms with Gasteiger partial charge >= 0.3 is 0 Å². The summed E-state index contributed by atoms with van der Waals surface area (Å²) in [6.07, 6.45) is 5.68. The highest BCUT2D eigenvalue weighted by atomic mass is 35.5. The first kappa shape index (κ1) is 12.7. The van der Waals surface area contributed by atoms with Crippen molar-refractivity contribution in [3.8, 4) is 5.75 Å². The zero-order valence-corrected chi connectivity index (χ0v) is 10.8. The van der Waals surface area contributed by atoms with Crippen LogP contribution >= 0.6 is 11.6 Å². The van der Waals surface area contributed by atoms with E-state index in [0.29, 0.717) is 5.75 Å². The molecule has 0 aliphatic heterocycles. The smallest absolute Gasteiger partial charge is 0.165 e. The molecular formula is C14H18ClFO. The van der Waals surface area contributed by atoms with Gasteiger partial charge in [0.25, 0.3) is 0 Å². The Morgan fingerprint density at radius 2 is 2.00 bits per heavy atom. The number of hydrogen-bond acceptors (Lipinski definition) is 1. The van der Waals surface area contributed by atoms with E-state index in [4.69, 9.17) is 16.3 Å². The van der Waals surface area contributed by atoms with E-state index in [9.17, 15) is 4.39 Å². The molecule has 0 saturated heterocycles. The Labute approximate surface area is 107 Å². The Bertz CT molecular complexity index is 380. The minimum absolute atomic E-state index is 0.130. The number of hydrogen-bond donors (Lipinski definition) is 0. The van der Waals surface area contributed by atoms with E-state index in [1.807, 2.05) is 6.07 Å². The van der Waals surface area contributed by atoms with Crippen molar-refractivity contribution in [2.24, 2.45) is 0 Å². The third-order valence-electron chi connectivity index (χ3n) is 3.54. The summed E-state index contributed by atoms with van der Waals surface area (Å²) in [6, 6.07) is 5.21. The predicted octanol–water partition coefficient (Wildman–Crippen LogP) is 4.49. The molecule has 0 spiro atoms. The van der Waals surface area contributed by atoms with Crippen LogP contribution in [0.4, 0.5) is 4.39 Å². The molecule has 3 heteroatoms. The normalized spacial score (nSPS) is 25.4. The summed E-state index contributed by atoms with van der Waals surface area (Å²) in [6.45, 7) is 0. The first-order chi connectivity index (χ1) is 8.22. The van der Waals surface area contributed by atoms with Crippen LogP contribution in [0.25, 0.3) is 0 Å². The van der Waals surface area contributed by atoms with Gasteiger partial charge in [0.1, 0.15) is 0 Å². The third kappa shape index (κ3) is 2.92. The molecule has 0 radical (unpaired) electrons. The topological polar surface area (TPSA) is 9.23 Å². The zero-order valence-electron chi connectivity index (χ0n) is 10.1. The minimum atomic E-state index is -0.293. The average molecular weight is 257 g/mol. The lowest BCUT2D eigenvalue weighted by atomic mass is 9.91. The van der Waals surface area contributed by atoms with Crippen LogP contribution in [0.5, 0.6) is 5.75 Å². The van der Waals surface area contributed by atoms with Gasteiger partial charge in [0.2, 0.25) is 0 Å². The molecule has 2 rings (SSSR count). The van der Waals surface area contributed by atoms with E-state index in [1.165, 1.54) is 26.4 Å². The molecule has 1 fully saturated rings. The second kappa shape index (κ2) is 5.72. The van der Waals surface area contributed by atoms with Gasteiger partial charge in [0, 0.05) is 11.3 Å². The van der Waals surface area contributed by atoms with Gasteiger partial charge in [-0.15, -0.1) is 11.6 Å². The first-order valence-electron chi connectivity index (χ1n) is 6.20. The van der Waals surface area contributed by atoms with Gasteiger partial charge < -0.3 is 4.74 Å². The molecular weight excluding hydrogens is 239 g/mol. The molecule has 1 aromatic rings. The maximum absolute atomic E-state index is 13.7. The predicted molar refractivity (Wildman–Crippen MR) is 68.4 cm³/mol. The molecule has 1 aromatic carbocycles. The lowest BCUT2D eigenvalue weighted by Crippen LogP contribution is -2.11. The lowest BCUT2D eigenvalue weighted by molar-refractivity contribution is 0.385. The number of rotatable bonds is 2. The molecule has 0 N–H and O–H groups in total. The van der Waals surface area contributed by atoms with Crippen molar-refractivity contribution in [2.75, 3.05) is 7.11 Å². The fourth-order valence-electron chi connectivity index (χ4n) is 2.55. The fourth-order valence-corrected chi connectivity index (χ4v) is 2.98. The van der Waals surface area contributed by atoms with Crippen LogP contribution in [-0.2, 0) is 0 Å². The molecule has 17 heavy (non-hydrogen) atoms. The maximum atomic E-state index is 13.7. The molecule has 1 aliphatic rings. The van der Waals surface area contributed by atoms with Crippen molar-refractivity contribution < 1.29 is 9.13 Å². The van der Waals surface area contributed by atoms with Gasteiger partial charge in [-0.3, -0.25) is 0 Å². The van der Waals surface area contributed by atoms with Crippen LogP contribution in [-0.4, -0.2) is 12.5 Å². The van der Waals surface area contributed by atoms with Crippen molar-refractivity contribution in [1.29, 1.82) is 0 Å². The van der Waals surface area contributed by atoms with Crippen molar-refractivity contribution in [1.82, 2.24) is 0 Å².